The largest absolute Gasteiger partial charge is 0.492 e. The fourth-order valence-corrected chi connectivity index (χ4v) is 4.75. The molecular formula is C34H39FN4O6. The summed E-state index contributed by atoms with van der Waals surface area (Å²) in [6.45, 7) is 4.21. The van der Waals surface area contributed by atoms with E-state index in [4.69, 9.17) is 9.47 Å². The van der Waals surface area contributed by atoms with E-state index in [1.807, 2.05) is 44.2 Å². The summed E-state index contributed by atoms with van der Waals surface area (Å²) in [4.78, 5) is 55.0. The van der Waals surface area contributed by atoms with E-state index < -0.39 is 17.9 Å². The number of ether oxygens (including phenoxy) is 2. The fourth-order valence-electron chi connectivity index (χ4n) is 4.75. The van der Waals surface area contributed by atoms with E-state index in [9.17, 15) is 23.6 Å². The Morgan fingerprint density at radius 3 is 2.44 bits per heavy atom. The first-order valence-corrected chi connectivity index (χ1v) is 15.0. The summed E-state index contributed by atoms with van der Waals surface area (Å²) in [5, 5.41) is 8.49. The fraction of sp³-hybridized carbons (Fsp3) is 0.353. The predicted octanol–water partition coefficient (Wildman–Crippen LogP) is 3.46. The maximum absolute atomic E-state index is 13.5. The Labute approximate surface area is 262 Å². The zero-order valence-corrected chi connectivity index (χ0v) is 25.5. The topological polar surface area (TPSA) is 126 Å². The molecule has 4 rings (SSSR count). The molecule has 2 atom stereocenters. The van der Waals surface area contributed by atoms with Crippen LogP contribution in [0.4, 0.5) is 4.39 Å². The van der Waals surface area contributed by atoms with Crippen molar-refractivity contribution in [2.45, 2.75) is 45.3 Å². The van der Waals surface area contributed by atoms with Gasteiger partial charge in [0, 0.05) is 13.0 Å². The third-order valence-electron chi connectivity index (χ3n) is 7.36. The van der Waals surface area contributed by atoms with E-state index in [0.717, 1.165) is 5.56 Å². The van der Waals surface area contributed by atoms with Gasteiger partial charge in [-0.3, -0.25) is 19.2 Å². The molecule has 11 heteroatoms. The lowest BCUT2D eigenvalue weighted by atomic mass is 10.1. The third-order valence-corrected chi connectivity index (χ3v) is 7.36. The van der Waals surface area contributed by atoms with Gasteiger partial charge in [-0.15, -0.1) is 0 Å². The van der Waals surface area contributed by atoms with Gasteiger partial charge < -0.3 is 30.3 Å². The van der Waals surface area contributed by atoms with Crippen molar-refractivity contribution in [2.24, 2.45) is 5.92 Å². The Hall–Kier alpha value is -4.93. The first-order chi connectivity index (χ1) is 21.7. The number of amides is 4. The van der Waals surface area contributed by atoms with Crippen molar-refractivity contribution in [3.05, 3.63) is 95.8 Å². The van der Waals surface area contributed by atoms with Crippen LogP contribution >= 0.6 is 0 Å². The number of fused-ring (bicyclic) bond motifs is 1. The predicted molar refractivity (Wildman–Crippen MR) is 166 cm³/mol. The molecule has 0 radical (unpaired) electrons. The summed E-state index contributed by atoms with van der Waals surface area (Å²) in [5.41, 5.74) is 1.06. The normalized spacial score (nSPS) is 18.0. The third kappa shape index (κ3) is 10.1. The minimum absolute atomic E-state index is 0.00371. The molecule has 0 saturated heterocycles. The van der Waals surface area contributed by atoms with Crippen LogP contribution in [0.25, 0.3) is 0 Å². The molecule has 238 valence electrons. The van der Waals surface area contributed by atoms with Crippen LogP contribution in [0.3, 0.4) is 0 Å². The van der Waals surface area contributed by atoms with Crippen molar-refractivity contribution in [2.75, 3.05) is 26.3 Å². The molecule has 1 heterocycles. The molecule has 0 bridgehead atoms. The average molecular weight is 619 g/mol. The van der Waals surface area contributed by atoms with Crippen molar-refractivity contribution in [1.29, 1.82) is 0 Å². The van der Waals surface area contributed by atoms with Crippen LogP contribution in [-0.2, 0) is 20.9 Å². The van der Waals surface area contributed by atoms with Gasteiger partial charge in [-0.25, -0.2) is 4.39 Å². The molecule has 0 saturated carbocycles. The monoisotopic (exact) mass is 618 g/mol. The van der Waals surface area contributed by atoms with Gasteiger partial charge in [-0.05, 0) is 54.3 Å². The number of benzene rings is 3. The van der Waals surface area contributed by atoms with Crippen molar-refractivity contribution in [1.82, 2.24) is 20.9 Å². The zero-order valence-electron chi connectivity index (χ0n) is 25.5. The van der Waals surface area contributed by atoms with Gasteiger partial charge in [0.05, 0.1) is 24.7 Å². The summed E-state index contributed by atoms with van der Waals surface area (Å²) in [6, 6.07) is 20.0. The second kappa shape index (κ2) is 16.2. The van der Waals surface area contributed by atoms with Crippen LogP contribution in [0.1, 0.15) is 42.6 Å². The molecule has 3 aromatic rings. The highest BCUT2D eigenvalue weighted by atomic mass is 19.1. The molecule has 0 aliphatic carbocycles. The molecule has 1 aliphatic heterocycles. The molecular weight excluding hydrogens is 579 g/mol. The smallest absolute Gasteiger partial charge is 0.255 e. The Bertz CT molecular complexity index is 1450. The van der Waals surface area contributed by atoms with Crippen LogP contribution in [-0.4, -0.2) is 66.9 Å². The van der Waals surface area contributed by atoms with E-state index in [1.165, 1.54) is 29.2 Å². The van der Waals surface area contributed by atoms with Crippen molar-refractivity contribution >= 4 is 23.6 Å². The first-order valence-electron chi connectivity index (χ1n) is 15.0. The van der Waals surface area contributed by atoms with Crippen molar-refractivity contribution in [3.63, 3.8) is 0 Å². The number of carbonyl (C=O) groups is 4. The first kappa shape index (κ1) is 33.0. The number of nitrogens with zero attached hydrogens (tertiary/aromatic N) is 1. The van der Waals surface area contributed by atoms with Crippen molar-refractivity contribution in [3.8, 4) is 11.5 Å². The molecule has 45 heavy (non-hydrogen) atoms. The Kier molecular flexibility index (Phi) is 11.9. The highest BCUT2D eigenvalue weighted by Gasteiger charge is 2.28. The highest BCUT2D eigenvalue weighted by molar-refractivity contribution is 5.99. The quantitative estimate of drug-likeness (QED) is 0.332. The van der Waals surface area contributed by atoms with Crippen LogP contribution in [0.2, 0.25) is 0 Å². The second-order valence-electron chi connectivity index (χ2n) is 11.1. The summed E-state index contributed by atoms with van der Waals surface area (Å²) < 4.78 is 24.7. The lowest BCUT2D eigenvalue weighted by Crippen LogP contribution is -2.49. The van der Waals surface area contributed by atoms with Gasteiger partial charge in [0.2, 0.25) is 17.7 Å². The average Bonchev–Trinajstić information content (AvgIpc) is 3.03. The van der Waals surface area contributed by atoms with Crippen LogP contribution in [0, 0.1) is 11.7 Å². The van der Waals surface area contributed by atoms with E-state index in [1.54, 1.807) is 24.3 Å². The van der Waals surface area contributed by atoms with E-state index >= 15 is 0 Å². The summed E-state index contributed by atoms with van der Waals surface area (Å²) >= 11 is 0. The highest BCUT2D eigenvalue weighted by Crippen LogP contribution is 2.20. The number of rotatable bonds is 8. The number of hydrogen-bond donors (Lipinski definition) is 3. The molecule has 3 aromatic carbocycles. The lowest BCUT2D eigenvalue weighted by Gasteiger charge is -2.26. The Morgan fingerprint density at radius 2 is 1.71 bits per heavy atom. The molecule has 10 nitrogen and oxygen atoms in total. The summed E-state index contributed by atoms with van der Waals surface area (Å²) in [7, 11) is 0. The summed E-state index contributed by atoms with van der Waals surface area (Å²) in [5.74, 6) is -1.36. The SMILES string of the molecule is CC(C)[C@H]1COc2ccccc2C(=O)N[C@H](C(=O)NCCOc2ccc(F)cc2)CCC(=O)N(Cc2ccccc2)CC(=O)N1. The Balaban J connectivity index is 1.54. The molecule has 1 aliphatic rings. The number of nitrogens with one attached hydrogen (secondary N) is 3. The maximum Gasteiger partial charge on any atom is 0.255 e. The van der Waals surface area contributed by atoms with E-state index in [-0.39, 0.29) is 80.8 Å². The van der Waals surface area contributed by atoms with Gasteiger partial charge in [0.1, 0.15) is 36.6 Å². The number of para-hydroxylation sites is 1. The summed E-state index contributed by atoms with van der Waals surface area (Å²) in [6.07, 6.45) is -0.115. The van der Waals surface area contributed by atoms with Gasteiger partial charge in [-0.2, -0.15) is 0 Å². The van der Waals surface area contributed by atoms with Crippen LogP contribution < -0.4 is 25.4 Å². The molecule has 0 unspecified atom stereocenters. The van der Waals surface area contributed by atoms with Gasteiger partial charge in [0.15, 0.2) is 0 Å². The van der Waals surface area contributed by atoms with Gasteiger partial charge in [-0.1, -0.05) is 56.3 Å². The number of halogens is 1. The zero-order chi connectivity index (χ0) is 32.2. The molecule has 0 aromatic heterocycles. The standard InChI is InChI=1S/C34H39FN4O6/c1-23(2)29-22-45-30-11-7-6-10-27(30)33(42)38-28(34(43)36-18-19-44-26-14-12-25(35)13-15-26)16-17-32(41)39(21-31(40)37-29)20-24-8-4-3-5-9-24/h3-15,23,28-29H,16-22H2,1-2H3,(H,36,43)(H,37,40)(H,38,42)/t28-,29+/m0/s1. The van der Waals surface area contributed by atoms with Crippen LogP contribution in [0.5, 0.6) is 11.5 Å². The van der Waals surface area contributed by atoms with E-state index in [2.05, 4.69) is 16.0 Å². The molecule has 0 fully saturated rings. The second-order valence-corrected chi connectivity index (χ2v) is 11.1. The molecule has 0 spiro atoms. The number of carbonyl (C=O) groups excluding carboxylic acids is 4. The molecule has 3 N–H and O–H groups in total. The number of hydrogen-bond acceptors (Lipinski definition) is 6. The van der Waals surface area contributed by atoms with Crippen molar-refractivity contribution < 1.29 is 33.0 Å². The van der Waals surface area contributed by atoms with Crippen LogP contribution in [0.15, 0.2) is 78.9 Å². The minimum atomic E-state index is -1.07. The lowest BCUT2D eigenvalue weighted by molar-refractivity contribution is -0.137. The van der Waals surface area contributed by atoms with E-state index in [0.29, 0.717) is 11.5 Å². The molecule has 4 amide bonds. The maximum atomic E-state index is 13.5. The van der Waals surface area contributed by atoms with Gasteiger partial charge >= 0.3 is 0 Å². The minimum Gasteiger partial charge on any atom is -0.492 e. The van der Waals surface area contributed by atoms with Gasteiger partial charge in [0.25, 0.3) is 5.91 Å². The Morgan fingerprint density at radius 1 is 1.00 bits per heavy atom.